The van der Waals surface area contributed by atoms with Crippen molar-refractivity contribution in [2.45, 2.75) is 13.3 Å². The van der Waals surface area contributed by atoms with E-state index in [0.29, 0.717) is 13.3 Å². The van der Waals surface area contributed by atoms with Crippen LogP contribution in [-0.4, -0.2) is 23.1 Å². The summed E-state index contributed by atoms with van der Waals surface area (Å²) in [5.41, 5.74) is 9.88. The summed E-state index contributed by atoms with van der Waals surface area (Å²) in [4.78, 5) is 0. The second-order valence-corrected chi connectivity index (χ2v) is 4.70. The van der Waals surface area contributed by atoms with Crippen LogP contribution in [0.3, 0.4) is 0 Å². The largest absolute Gasteiger partial charge is 0.454 e. The van der Waals surface area contributed by atoms with E-state index >= 15 is 0 Å². The van der Waals surface area contributed by atoms with Gasteiger partial charge in [-0.25, -0.2) is 0 Å². The van der Waals surface area contributed by atoms with Crippen molar-refractivity contribution < 1.29 is 9.47 Å². The third-order valence-corrected chi connectivity index (χ3v) is 3.37. The molecule has 2 N–H and O–H groups in total. The van der Waals surface area contributed by atoms with Crippen molar-refractivity contribution in [3.8, 4) is 22.8 Å². The number of rotatable bonds is 3. The molecule has 0 fully saturated rings. The van der Waals surface area contributed by atoms with Gasteiger partial charge in [-0.3, -0.25) is 4.68 Å². The lowest BCUT2D eigenvalue weighted by molar-refractivity contribution is 0.174. The number of benzene rings is 1. The third-order valence-electron chi connectivity index (χ3n) is 3.37. The van der Waals surface area contributed by atoms with Gasteiger partial charge < -0.3 is 15.2 Å². The molecule has 0 saturated carbocycles. The number of hydrogen-bond acceptors (Lipinski definition) is 4. The molecule has 0 atom stereocenters. The predicted octanol–water partition coefficient (Wildman–Crippen LogP) is 1.63. The van der Waals surface area contributed by atoms with E-state index < -0.39 is 0 Å². The lowest BCUT2D eigenvalue weighted by atomic mass is 10.0. The SMILES string of the molecule is Cc1cc2c(cc1-c1cc(CCN)n(C)n1)OCO2. The number of aromatic nitrogens is 2. The fourth-order valence-electron chi connectivity index (χ4n) is 2.34. The highest BCUT2D eigenvalue weighted by atomic mass is 16.7. The van der Waals surface area contributed by atoms with Crippen molar-refractivity contribution in [1.82, 2.24) is 9.78 Å². The van der Waals surface area contributed by atoms with Crippen LogP contribution >= 0.6 is 0 Å². The molecule has 3 rings (SSSR count). The van der Waals surface area contributed by atoms with E-state index in [4.69, 9.17) is 15.2 Å². The topological polar surface area (TPSA) is 62.3 Å². The van der Waals surface area contributed by atoms with Gasteiger partial charge in [0.25, 0.3) is 0 Å². The number of fused-ring (bicyclic) bond motifs is 1. The van der Waals surface area contributed by atoms with Crippen LogP contribution < -0.4 is 15.2 Å². The standard InChI is InChI=1S/C14H17N3O2/c1-9-5-13-14(19-8-18-13)7-11(9)12-6-10(3-4-15)17(2)16-12/h5-7H,3-4,8,15H2,1-2H3. The van der Waals surface area contributed by atoms with Gasteiger partial charge >= 0.3 is 0 Å². The van der Waals surface area contributed by atoms with Crippen LogP contribution in [0.2, 0.25) is 0 Å². The van der Waals surface area contributed by atoms with Crippen LogP contribution in [-0.2, 0) is 13.5 Å². The molecule has 0 unspecified atom stereocenters. The van der Waals surface area contributed by atoms with Crippen molar-refractivity contribution in [1.29, 1.82) is 0 Å². The molecule has 1 aliphatic heterocycles. The van der Waals surface area contributed by atoms with Crippen molar-refractivity contribution in [2.75, 3.05) is 13.3 Å². The zero-order valence-electron chi connectivity index (χ0n) is 11.1. The highest BCUT2D eigenvalue weighted by Crippen LogP contribution is 2.38. The summed E-state index contributed by atoms with van der Waals surface area (Å²) in [7, 11) is 1.94. The van der Waals surface area contributed by atoms with E-state index in [9.17, 15) is 0 Å². The molecule has 0 bridgehead atoms. The normalized spacial score (nSPS) is 13.0. The molecule has 0 radical (unpaired) electrons. The fraction of sp³-hybridized carbons (Fsp3) is 0.357. The molecule has 0 aliphatic carbocycles. The quantitative estimate of drug-likeness (QED) is 0.910. The summed E-state index contributed by atoms with van der Waals surface area (Å²) < 4.78 is 12.7. The molecule has 5 nitrogen and oxygen atoms in total. The maximum absolute atomic E-state index is 5.60. The molecule has 19 heavy (non-hydrogen) atoms. The van der Waals surface area contributed by atoms with Gasteiger partial charge in [0.05, 0.1) is 5.69 Å². The van der Waals surface area contributed by atoms with E-state index in [0.717, 1.165) is 40.4 Å². The highest BCUT2D eigenvalue weighted by molar-refractivity contribution is 5.68. The first-order valence-corrected chi connectivity index (χ1v) is 6.32. The highest BCUT2D eigenvalue weighted by Gasteiger charge is 2.18. The Morgan fingerprint density at radius 3 is 2.74 bits per heavy atom. The van der Waals surface area contributed by atoms with Crippen molar-refractivity contribution in [3.05, 3.63) is 29.5 Å². The Morgan fingerprint density at radius 1 is 1.26 bits per heavy atom. The molecule has 0 amide bonds. The van der Waals surface area contributed by atoms with E-state index in [1.54, 1.807) is 0 Å². The van der Waals surface area contributed by atoms with Crippen LogP contribution in [0, 0.1) is 6.92 Å². The van der Waals surface area contributed by atoms with Crippen molar-refractivity contribution >= 4 is 0 Å². The summed E-state index contributed by atoms with van der Waals surface area (Å²) >= 11 is 0. The number of ether oxygens (including phenoxy) is 2. The minimum Gasteiger partial charge on any atom is -0.454 e. The van der Waals surface area contributed by atoms with Crippen LogP contribution in [0.25, 0.3) is 11.3 Å². The first kappa shape index (κ1) is 12.0. The van der Waals surface area contributed by atoms with E-state index in [1.165, 1.54) is 0 Å². The first-order valence-electron chi connectivity index (χ1n) is 6.32. The molecule has 1 aromatic carbocycles. The Hall–Kier alpha value is -2.01. The van der Waals surface area contributed by atoms with Gasteiger partial charge in [0.2, 0.25) is 6.79 Å². The minimum atomic E-state index is 0.291. The Kier molecular flexibility index (Phi) is 2.91. The molecule has 2 aromatic rings. The number of nitrogens with two attached hydrogens (primary N) is 1. The zero-order valence-corrected chi connectivity index (χ0v) is 11.1. The number of aryl methyl sites for hydroxylation is 2. The maximum atomic E-state index is 5.60. The predicted molar refractivity (Wildman–Crippen MR) is 72.3 cm³/mol. The Morgan fingerprint density at radius 2 is 2.00 bits per heavy atom. The van der Waals surface area contributed by atoms with Gasteiger partial charge in [-0.15, -0.1) is 0 Å². The minimum absolute atomic E-state index is 0.291. The summed E-state index contributed by atoms with van der Waals surface area (Å²) in [6.45, 7) is 2.96. The van der Waals surface area contributed by atoms with Crippen molar-refractivity contribution in [3.63, 3.8) is 0 Å². The number of nitrogens with zero attached hydrogens (tertiary/aromatic N) is 2. The summed E-state index contributed by atoms with van der Waals surface area (Å²) in [6.07, 6.45) is 0.826. The Bertz CT molecular complexity index is 619. The maximum Gasteiger partial charge on any atom is 0.231 e. The van der Waals surface area contributed by atoms with Gasteiger partial charge in [0.1, 0.15) is 0 Å². The van der Waals surface area contributed by atoms with Gasteiger partial charge in [-0.2, -0.15) is 5.10 Å². The lowest BCUT2D eigenvalue weighted by Gasteiger charge is -2.04. The summed E-state index contributed by atoms with van der Waals surface area (Å²) in [5.74, 6) is 1.59. The monoisotopic (exact) mass is 259 g/mol. The Labute approximate surface area is 111 Å². The fourth-order valence-corrected chi connectivity index (χ4v) is 2.34. The van der Waals surface area contributed by atoms with Gasteiger partial charge in [-0.05, 0) is 37.2 Å². The number of hydrogen-bond donors (Lipinski definition) is 1. The van der Waals surface area contributed by atoms with Crippen LogP contribution in [0.1, 0.15) is 11.3 Å². The molecule has 1 aliphatic rings. The first-order chi connectivity index (χ1) is 9.19. The second-order valence-electron chi connectivity index (χ2n) is 4.70. The zero-order chi connectivity index (χ0) is 13.4. The molecule has 0 spiro atoms. The Balaban J connectivity index is 2.04. The van der Waals surface area contributed by atoms with Gasteiger partial charge in [0.15, 0.2) is 11.5 Å². The van der Waals surface area contributed by atoms with E-state index in [-0.39, 0.29) is 0 Å². The molecular weight excluding hydrogens is 242 g/mol. The average Bonchev–Trinajstić information content (AvgIpc) is 2.96. The molecule has 1 aromatic heterocycles. The van der Waals surface area contributed by atoms with Gasteiger partial charge in [0, 0.05) is 24.7 Å². The van der Waals surface area contributed by atoms with Crippen LogP contribution in [0.5, 0.6) is 11.5 Å². The molecule has 100 valence electrons. The lowest BCUT2D eigenvalue weighted by Crippen LogP contribution is -2.06. The second kappa shape index (κ2) is 4.59. The average molecular weight is 259 g/mol. The van der Waals surface area contributed by atoms with Crippen LogP contribution in [0.4, 0.5) is 0 Å². The van der Waals surface area contributed by atoms with Crippen molar-refractivity contribution in [2.24, 2.45) is 12.8 Å². The summed E-state index contributed by atoms with van der Waals surface area (Å²) in [6, 6.07) is 6.07. The molecule has 5 heteroatoms. The smallest absolute Gasteiger partial charge is 0.231 e. The van der Waals surface area contributed by atoms with Crippen LogP contribution in [0.15, 0.2) is 18.2 Å². The molecule has 2 heterocycles. The summed E-state index contributed by atoms with van der Waals surface area (Å²) in [5, 5.41) is 4.55. The third kappa shape index (κ3) is 2.06. The molecular formula is C14H17N3O2. The van der Waals surface area contributed by atoms with E-state index in [1.807, 2.05) is 23.9 Å². The molecule has 0 saturated heterocycles. The van der Waals surface area contributed by atoms with Gasteiger partial charge in [-0.1, -0.05) is 0 Å². The van der Waals surface area contributed by atoms with E-state index in [2.05, 4.69) is 18.1 Å².